The molecule has 0 aliphatic carbocycles. The van der Waals surface area contributed by atoms with E-state index in [0.29, 0.717) is 10.2 Å². The Morgan fingerprint density at radius 3 is 2.74 bits per heavy atom. The first-order valence-corrected chi connectivity index (χ1v) is 6.51. The molecule has 1 N–H and O–H groups in total. The van der Waals surface area contributed by atoms with E-state index in [9.17, 15) is 9.18 Å². The Balaban J connectivity index is 2.05. The number of hydrogen-bond acceptors (Lipinski definition) is 2. The van der Waals surface area contributed by atoms with E-state index in [2.05, 4.69) is 26.3 Å². The molecule has 4 nitrogen and oxygen atoms in total. The van der Waals surface area contributed by atoms with Gasteiger partial charge in [-0.2, -0.15) is 5.10 Å². The zero-order valence-corrected chi connectivity index (χ0v) is 12.2. The fraction of sp³-hybridized carbons (Fsp3) is 0.231. The van der Waals surface area contributed by atoms with Crippen molar-refractivity contribution >= 4 is 27.5 Å². The lowest BCUT2D eigenvalue weighted by Gasteiger charge is -2.07. The first-order chi connectivity index (χ1) is 8.95. The van der Waals surface area contributed by atoms with E-state index in [-0.39, 0.29) is 18.3 Å². The monoisotopic (exact) mass is 325 g/mol. The smallest absolute Gasteiger partial charge is 0.246 e. The molecule has 1 heterocycles. The molecule has 1 aromatic carbocycles. The first kappa shape index (κ1) is 13.7. The van der Waals surface area contributed by atoms with E-state index in [1.54, 1.807) is 4.68 Å². The highest BCUT2D eigenvalue weighted by Crippen LogP contribution is 2.20. The highest BCUT2D eigenvalue weighted by atomic mass is 79.9. The highest BCUT2D eigenvalue weighted by molar-refractivity contribution is 9.10. The van der Waals surface area contributed by atoms with Crippen LogP contribution in [0.1, 0.15) is 11.4 Å². The summed E-state index contributed by atoms with van der Waals surface area (Å²) in [6.07, 6.45) is 0. The minimum atomic E-state index is -0.364. The number of benzene rings is 1. The quantitative estimate of drug-likeness (QED) is 0.942. The molecule has 0 bridgehead atoms. The van der Waals surface area contributed by atoms with Gasteiger partial charge in [0.2, 0.25) is 5.91 Å². The topological polar surface area (TPSA) is 46.9 Å². The van der Waals surface area contributed by atoms with Crippen molar-refractivity contribution in [3.63, 3.8) is 0 Å². The lowest BCUT2D eigenvalue weighted by molar-refractivity contribution is -0.116. The van der Waals surface area contributed by atoms with Crippen molar-refractivity contribution in [3.8, 4) is 0 Å². The van der Waals surface area contributed by atoms with Crippen molar-refractivity contribution in [1.82, 2.24) is 9.78 Å². The average Bonchev–Trinajstić information content (AvgIpc) is 2.62. The molecule has 2 aromatic rings. The molecule has 2 rings (SSSR count). The number of hydrogen-bond donors (Lipinski definition) is 1. The number of rotatable bonds is 3. The van der Waals surface area contributed by atoms with Crippen LogP contribution in [0.2, 0.25) is 0 Å². The number of halogens is 2. The van der Waals surface area contributed by atoms with Crippen molar-refractivity contribution in [3.05, 3.63) is 45.9 Å². The van der Waals surface area contributed by atoms with E-state index in [0.717, 1.165) is 11.4 Å². The van der Waals surface area contributed by atoms with Gasteiger partial charge in [-0.3, -0.25) is 9.48 Å². The van der Waals surface area contributed by atoms with Gasteiger partial charge in [0.25, 0.3) is 0 Å². The van der Waals surface area contributed by atoms with E-state index in [1.807, 2.05) is 19.9 Å². The summed E-state index contributed by atoms with van der Waals surface area (Å²) < 4.78 is 15.0. The molecule has 0 aliphatic rings. The Bertz CT molecular complexity index is 624. The van der Waals surface area contributed by atoms with Gasteiger partial charge >= 0.3 is 0 Å². The third-order valence-corrected chi connectivity index (χ3v) is 3.21. The third kappa shape index (κ3) is 3.41. The second-order valence-corrected chi connectivity index (χ2v) is 5.12. The molecular weight excluding hydrogens is 313 g/mol. The summed E-state index contributed by atoms with van der Waals surface area (Å²) in [4.78, 5) is 11.9. The number of carbonyl (C=O) groups is 1. The molecule has 6 heteroatoms. The van der Waals surface area contributed by atoms with Crippen LogP contribution in [-0.4, -0.2) is 15.7 Å². The van der Waals surface area contributed by atoms with Gasteiger partial charge in [-0.1, -0.05) is 0 Å². The van der Waals surface area contributed by atoms with Gasteiger partial charge in [0.05, 0.1) is 10.2 Å². The maximum absolute atomic E-state index is 13.1. The minimum Gasteiger partial charge on any atom is -0.324 e. The molecule has 0 aliphatic heterocycles. The van der Waals surface area contributed by atoms with Crippen LogP contribution in [0, 0.1) is 19.7 Å². The predicted molar refractivity (Wildman–Crippen MR) is 74.4 cm³/mol. The Morgan fingerprint density at radius 1 is 1.42 bits per heavy atom. The summed E-state index contributed by atoms with van der Waals surface area (Å²) in [5.41, 5.74) is 2.34. The van der Waals surface area contributed by atoms with Crippen molar-refractivity contribution in [2.24, 2.45) is 0 Å². The van der Waals surface area contributed by atoms with Crippen LogP contribution >= 0.6 is 15.9 Å². The fourth-order valence-corrected chi connectivity index (χ4v) is 2.12. The van der Waals surface area contributed by atoms with E-state index >= 15 is 0 Å². The summed E-state index contributed by atoms with van der Waals surface area (Å²) in [5, 5.41) is 6.91. The van der Waals surface area contributed by atoms with Crippen molar-refractivity contribution < 1.29 is 9.18 Å². The van der Waals surface area contributed by atoms with Crippen LogP contribution in [-0.2, 0) is 11.3 Å². The highest BCUT2D eigenvalue weighted by Gasteiger charge is 2.08. The standard InChI is InChI=1S/C13H13BrFN3O/c1-8-5-9(2)18(17-8)7-13(19)16-10-3-4-12(15)11(14)6-10/h3-6H,7H2,1-2H3,(H,16,19). The maximum Gasteiger partial charge on any atom is 0.246 e. The molecule has 0 unspecified atom stereocenters. The molecule has 19 heavy (non-hydrogen) atoms. The average molecular weight is 326 g/mol. The number of nitrogens with one attached hydrogen (secondary N) is 1. The van der Waals surface area contributed by atoms with Crippen LogP contribution < -0.4 is 5.32 Å². The molecule has 0 fully saturated rings. The number of amides is 1. The van der Waals surface area contributed by atoms with Crippen LogP contribution in [0.15, 0.2) is 28.7 Å². The Morgan fingerprint density at radius 2 is 2.16 bits per heavy atom. The lowest BCUT2D eigenvalue weighted by Crippen LogP contribution is -2.20. The molecule has 0 spiro atoms. The van der Waals surface area contributed by atoms with Crippen LogP contribution in [0.5, 0.6) is 0 Å². The van der Waals surface area contributed by atoms with Gasteiger partial charge in [0, 0.05) is 11.4 Å². The molecular formula is C13H13BrFN3O. The molecule has 0 radical (unpaired) electrons. The van der Waals surface area contributed by atoms with Gasteiger partial charge in [-0.25, -0.2) is 4.39 Å². The first-order valence-electron chi connectivity index (χ1n) is 5.71. The summed E-state index contributed by atoms with van der Waals surface area (Å²) >= 11 is 3.07. The van der Waals surface area contributed by atoms with Crippen molar-refractivity contribution in [2.75, 3.05) is 5.32 Å². The molecule has 0 saturated carbocycles. The molecule has 1 aromatic heterocycles. The predicted octanol–water partition coefficient (Wildman–Crippen LogP) is 3.04. The van der Waals surface area contributed by atoms with E-state index in [1.165, 1.54) is 18.2 Å². The number of anilines is 1. The minimum absolute atomic E-state index is 0.134. The largest absolute Gasteiger partial charge is 0.324 e. The van der Waals surface area contributed by atoms with Crippen molar-refractivity contribution in [1.29, 1.82) is 0 Å². The lowest BCUT2D eigenvalue weighted by atomic mass is 10.3. The summed E-state index contributed by atoms with van der Waals surface area (Å²) in [6, 6.07) is 6.23. The third-order valence-electron chi connectivity index (χ3n) is 2.60. The Labute approximate surface area is 118 Å². The maximum atomic E-state index is 13.1. The zero-order chi connectivity index (χ0) is 14.0. The fourth-order valence-electron chi connectivity index (χ4n) is 1.75. The van der Waals surface area contributed by atoms with Gasteiger partial charge in [-0.05, 0) is 54.0 Å². The molecule has 1 amide bonds. The Hall–Kier alpha value is -1.69. The van der Waals surface area contributed by atoms with Crippen LogP contribution in [0.3, 0.4) is 0 Å². The second-order valence-electron chi connectivity index (χ2n) is 4.26. The number of carbonyl (C=O) groups excluding carboxylic acids is 1. The normalized spacial score (nSPS) is 10.5. The van der Waals surface area contributed by atoms with Gasteiger partial charge in [0.1, 0.15) is 12.4 Å². The van der Waals surface area contributed by atoms with Crippen molar-refractivity contribution in [2.45, 2.75) is 20.4 Å². The zero-order valence-electron chi connectivity index (χ0n) is 10.6. The summed E-state index contributed by atoms with van der Waals surface area (Å²) in [7, 11) is 0. The van der Waals surface area contributed by atoms with Crippen LogP contribution in [0.4, 0.5) is 10.1 Å². The SMILES string of the molecule is Cc1cc(C)n(CC(=O)Nc2ccc(F)c(Br)c2)n1. The molecule has 100 valence electrons. The van der Waals surface area contributed by atoms with Gasteiger partial charge in [0.15, 0.2) is 0 Å². The summed E-state index contributed by atoms with van der Waals surface area (Å²) in [5.74, 6) is -0.568. The van der Waals surface area contributed by atoms with Gasteiger partial charge in [-0.15, -0.1) is 0 Å². The number of nitrogens with zero attached hydrogens (tertiary/aromatic N) is 2. The molecule has 0 saturated heterocycles. The summed E-state index contributed by atoms with van der Waals surface area (Å²) in [6.45, 7) is 3.90. The Kier molecular flexibility index (Phi) is 3.99. The van der Waals surface area contributed by atoms with E-state index < -0.39 is 0 Å². The number of aromatic nitrogens is 2. The molecule has 0 atom stereocenters. The second kappa shape index (κ2) is 5.52. The van der Waals surface area contributed by atoms with Crippen LogP contribution in [0.25, 0.3) is 0 Å². The number of aryl methyl sites for hydroxylation is 2. The van der Waals surface area contributed by atoms with Gasteiger partial charge < -0.3 is 5.32 Å². The van der Waals surface area contributed by atoms with E-state index in [4.69, 9.17) is 0 Å².